The van der Waals surface area contributed by atoms with Crippen molar-refractivity contribution in [3.63, 3.8) is 0 Å². The zero-order valence-corrected chi connectivity index (χ0v) is 16.7. The van der Waals surface area contributed by atoms with Crippen molar-refractivity contribution in [3.8, 4) is 5.75 Å². The fraction of sp³-hybridized carbons (Fsp3) is 0.389. The highest BCUT2D eigenvalue weighted by Gasteiger charge is 2.27. The van der Waals surface area contributed by atoms with Crippen LogP contribution in [-0.4, -0.2) is 59.4 Å². The Morgan fingerprint density at radius 2 is 1.78 bits per heavy atom. The first-order valence-electron chi connectivity index (χ1n) is 8.59. The summed E-state index contributed by atoms with van der Waals surface area (Å²) in [6.07, 6.45) is 0. The van der Waals surface area contributed by atoms with Crippen molar-refractivity contribution in [3.05, 3.63) is 45.9 Å². The Hall–Kier alpha value is -2.16. The minimum atomic E-state index is -0.109. The van der Waals surface area contributed by atoms with Crippen molar-refractivity contribution >= 4 is 35.6 Å². The number of aromatic nitrogens is 1. The predicted octanol–water partition coefficient (Wildman–Crippen LogP) is 2.02. The summed E-state index contributed by atoms with van der Waals surface area (Å²) < 4.78 is 5.55. The molecule has 1 saturated heterocycles. The van der Waals surface area contributed by atoms with Crippen molar-refractivity contribution in [2.75, 3.05) is 32.8 Å². The molecule has 0 atom stereocenters. The number of halogens is 1. The standard InChI is InChI=1S/C18H22N4O3S.ClH/c1-2-25-15-6-4-3-5-13(15)17(23)21-7-9-22(10-8-21)18(24)14-12-26-16(11-19)20-14;/h3-6,12H,2,7-11,19H2,1H3;1H. The molecule has 2 heterocycles. The molecule has 9 heteroatoms. The van der Waals surface area contributed by atoms with Crippen molar-refractivity contribution in [1.29, 1.82) is 0 Å². The first-order chi connectivity index (χ1) is 12.6. The van der Waals surface area contributed by atoms with E-state index in [-0.39, 0.29) is 24.2 Å². The Labute approximate surface area is 168 Å². The minimum absolute atomic E-state index is 0. The van der Waals surface area contributed by atoms with Gasteiger partial charge in [-0.15, -0.1) is 23.7 Å². The summed E-state index contributed by atoms with van der Waals surface area (Å²) in [6.45, 7) is 4.66. The minimum Gasteiger partial charge on any atom is -0.493 e. The van der Waals surface area contributed by atoms with Gasteiger partial charge in [0.1, 0.15) is 16.5 Å². The number of carbonyl (C=O) groups excluding carboxylic acids is 2. The van der Waals surface area contributed by atoms with Gasteiger partial charge >= 0.3 is 0 Å². The number of thiazole rings is 1. The van der Waals surface area contributed by atoms with Crippen LogP contribution >= 0.6 is 23.7 Å². The second-order valence-electron chi connectivity index (χ2n) is 5.84. The van der Waals surface area contributed by atoms with Crippen LogP contribution in [0.1, 0.15) is 32.8 Å². The Morgan fingerprint density at radius 1 is 1.15 bits per heavy atom. The van der Waals surface area contributed by atoms with Gasteiger partial charge in [0.05, 0.1) is 12.2 Å². The molecule has 2 aromatic rings. The summed E-state index contributed by atoms with van der Waals surface area (Å²) in [4.78, 5) is 33.1. The fourth-order valence-electron chi connectivity index (χ4n) is 2.87. The van der Waals surface area contributed by atoms with Gasteiger partial charge in [-0.3, -0.25) is 9.59 Å². The lowest BCUT2D eigenvalue weighted by molar-refractivity contribution is 0.0530. The lowest BCUT2D eigenvalue weighted by Gasteiger charge is -2.34. The van der Waals surface area contributed by atoms with Crippen LogP contribution in [0, 0.1) is 0 Å². The largest absolute Gasteiger partial charge is 0.493 e. The summed E-state index contributed by atoms with van der Waals surface area (Å²) in [5.41, 5.74) is 6.54. The van der Waals surface area contributed by atoms with E-state index < -0.39 is 0 Å². The number of amides is 2. The van der Waals surface area contributed by atoms with Crippen molar-refractivity contribution in [1.82, 2.24) is 14.8 Å². The smallest absolute Gasteiger partial charge is 0.273 e. The molecule has 0 spiro atoms. The van der Waals surface area contributed by atoms with E-state index in [9.17, 15) is 9.59 Å². The fourth-order valence-corrected chi connectivity index (χ4v) is 3.52. The van der Waals surface area contributed by atoms with Gasteiger partial charge in [0.2, 0.25) is 0 Å². The topological polar surface area (TPSA) is 88.8 Å². The van der Waals surface area contributed by atoms with Crippen LogP contribution < -0.4 is 10.5 Å². The molecular formula is C18H23ClN4O3S. The van der Waals surface area contributed by atoms with E-state index in [0.717, 1.165) is 5.01 Å². The third-order valence-electron chi connectivity index (χ3n) is 4.22. The van der Waals surface area contributed by atoms with Crippen LogP contribution in [0.15, 0.2) is 29.6 Å². The molecule has 1 aromatic heterocycles. The van der Waals surface area contributed by atoms with Gasteiger partial charge in [-0.2, -0.15) is 0 Å². The number of benzene rings is 1. The molecule has 1 fully saturated rings. The van der Waals surface area contributed by atoms with Gasteiger partial charge in [-0.1, -0.05) is 12.1 Å². The van der Waals surface area contributed by atoms with Gasteiger partial charge in [-0.25, -0.2) is 4.98 Å². The maximum absolute atomic E-state index is 12.8. The molecule has 27 heavy (non-hydrogen) atoms. The summed E-state index contributed by atoms with van der Waals surface area (Å²) in [7, 11) is 0. The monoisotopic (exact) mass is 410 g/mol. The number of rotatable bonds is 5. The van der Waals surface area contributed by atoms with Gasteiger partial charge in [-0.05, 0) is 19.1 Å². The SMILES string of the molecule is CCOc1ccccc1C(=O)N1CCN(C(=O)c2csc(CN)n2)CC1.Cl. The summed E-state index contributed by atoms with van der Waals surface area (Å²) in [5.74, 6) is 0.415. The third kappa shape index (κ3) is 4.77. The van der Waals surface area contributed by atoms with Gasteiger partial charge in [0.15, 0.2) is 0 Å². The molecule has 1 aliphatic heterocycles. The van der Waals surface area contributed by atoms with E-state index in [1.165, 1.54) is 11.3 Å². The van der Waals surface area contributed by atoms with Gasteiger partial charge in [0, 0.05) is 38.1 Å². The van der Waals surface area contributed by atoms with E-state index in [1.807, 2.05) is 19.1 Å². The lowest BCUT2D eigenvalue weighted by Crippen LogP contribution is -2.50. The number of nitrogens with two attached hydrogens (primary N) is 1. The average molecular weight is 411 g/mol. The number of hydrogen-bond donors (Lipinski definition) is 1. The summed E-state index contributed by atoms with van der Waals surface area (Å²) in [6, 6.07) is 7.25. The number of piperazine rings is 1. The predicted molar refractivity (Wildman–Crippen MR) is 107 cm³/mol. The van der Waals surface area contributed by atoms with Crippen LogP contribution in [0.2, 0.25) is 0 Å². The Morgan fingerprint density at radius 3 is 2.37 bits per heavy atom. The molecule has 0 saturated carbocycles. The highest BCUT2D eigenvalue weighted by atomic mass is 35.5. The van der Waals surface area contributed by atoms with Crippen LogP contribution in [0.4, 0.5) is 0 Å². The molecule has 1 aliphatic rings. The molecule has 2 N–H and O–H groups in total. The molecule has 146 valence electrons. The van der Waals surface area contributed by atoms with E-state index in [1.54, 1.807) is 27.3 Å². The van der Waals surface area contributed by atoms with E-state index in [0.29, 0.717) is 56.3 Å². The number of para-hydroxylation sites is 1. The second kappa shape index (κ2) is 9.68. The lowest BCUT2D eigenvalue weighted by atomic mass is 10.1. The zero-order chi connectivity index (χ0) is 18.5. The average Bonchev–Trinajstić information content (AvgIpc) is 3.17. The number of carbonyl (C=O) groups is 2. The van der Waals surface area contributed by atoms with Crippen molar-refractivity contribution in [2.45, 2.75) is 13.5 Å². The maximum atomic E-state index is 12.8. The number of nitrogens with zero attached hydrogens (tertiary/aromatic N) is 3. The highest BCUT2D eigenvalue weighted by molar-refractivity contribution is 7.09. The van der Waals surface area contributed by atoms with Crippen LogP contribution in [0.5, 0.6) is 5.75 Å². The van der Waals surface area contributed by atoms with Gasteiger partial charge in [0.25, 0.3) is 11.8 Å². The Bertz CT molecular complexity index is 790. The molecule has 3 rings (SSSR count). The van der Waals surface area contributed by atoms with E-state index in [4.69, 9.17) is 10.5 Å². The van der Waals surface area contributed by atoms with E-state index in [2.05, 4.69) is 4.98 Å². The third-order valence-corrected chi connectivity index (χ3v) is 5.09. The zero-order valence-electron chi connectivity index (χ0n) is 15.1. The molecule has 1 aromatic carbocycles. The quantitative estimate of drug-likeness (QED) is 0.814. The highest BCUT2D eigenvalue weighted by Crippen LogP contribution is 2.21. The molecule has 0 radical (unpaired) electrons. The Kier molecular flexibility index (Phi) is 7.58. The van der Waals surface area contributed by atoms with Crippen LogP contribution in [0.25, 0.3) is 0 Å². The van der Waals surface area contributed by atoms with Crippen LogP contribution in [-0.2, 0) is 6.54 Å². The molecule has 7 nitrogen and oxygen atoms in total. The van der Waals surface area contributed by atoms with Crippen molar-refractivity contribution in [2.24, 2.45) is 5.73 Å². The second-order valence-corrected chi connectivity index (χ2v) is 6.79. The number of ether oxygens (including phenoxy) is 1. The maximum Gasteiger partial charge on any atom is 0.273 e. The first-order valence-corrected chi connectivity index (χ1v) is 9.46. The van der Waals surface area contributed by atoms with Gasteiger partial charge < -0.3 is 20.3 Å². The molecule has 0 bridgehead atoms. The van der Waals surface area contributed by atoms with Crippen LogP contribution in [0.3, 0.4) is 0 Å². The Balaban J connectivity index is 0.00000261. The summed E-state index contributed by atoms with van der Waals surface area (Å²) >= 11 is 1.39. The first kappa shape index (κ1) is 21.1. The molecule has 0 unspecified atom stereocenters. The number of hydrogen-bond acceptors (Lipinski definition) is 6. The normalized spacial score (nSPS) is 13.9. The van der Waals surface area contributed by atoms with E-state index >= 15 is 0 Å². The molecule has 2 amide bonds. The molecule has 0 aliphatic carbocycles. The van der Waals surface area contributed by atoms with Crippen molar-refractivity contribution < 1.29 is 14.3 Å². The molecular weight excluding hydrogens is 388 g/mol. The summed E-state index contributed by atoms with van der Waals surface area (Å²) in [5, 5.41) is 2.48.